The molecule has 0 aliphatic heterocycles. The Balaban J connectivity index is 1.99. The number of hydrogen-bond acceptors (Lipinski definition) is 8. The van der Waals surface area contributed by atoms with Crippen LogP contribution in [-0.4, -0.2) is 62.0 Å². The molecule has 2 aromatic rings. The number of amides is 2. The summed E-state index contributed by atoms with van der Waals surface area (Å²) in [6.45, 7) is 0.926. The van der Waals surface area contributed by atoms with Gasteiger partial charge in [0.2, 0.25) is 5.91 Å². The maximum Gasteiger partial charge on any atom is 0.345 e. The molecule has 0 aromatic heterocycles. The van der Waals surface area contributed by atoms with Crippen molar-refractivity contribution in [3.63, 3.8) is 0 Å². The van der Waals surface area contributed by atoms with Crippen molar-refractivity contribution in [3.05, 3.63) is 57.6 Å². The number of ether oxygens (including phenoxy) is 3. The molecule has 0 bridgehead atoms. The van der Waals surface area contributed by atoms with Crippen molar-refractivity contribution in [2.45, 2.75) is 6.92 Å². The van der Waals surface area contributed by atoms with E-state index in [0.717, 1.165) is 22.6 Å². The minimum Gasteiger partial charge on any atom is -0.493 e. The van der Waals surface area contributed by atoms with Gasteiger partial charge in [-0.15, -0.1) is 0 Å². The summed E-state index contributed by atoms with van der Waals surface area (Å²) in [6, 6.07) is 9.25. The average Bonchev–Trinajstić information content (AvgIpc) is 2.77. The molecular weight excluding hydrogens is 422 g/mol. The number of nitro groups is 1. The van der Waals surface area contributed by atoms with E-state index in [1.54, 1.807) is 12.1 Å². The molecule has 0 radical (unpaired) electrons. The van der Waals surface area contributed by atoms with Crippen LogP contribution in [-0.2, 0) is 14.3 Å². The standard InChI is InChI=1S/C21H23N3O8/c1-13-5-7-14(8-6-13)22-19(25)11-23(2)20(26)12-32-21(27)15-9-17(30-3)18(31-4)10-16(15)24(28)29/h5-10H,11-12H2,1-4H3,(H,22,25). The Hall–Kier alpha value is -4.15. The van der Waals surface area contributed by atoms with Crippen LogP contribution in [0.15, 0.2) is 36.4 Å². The number of nitrogens with zero attached hydrogens (tertiary/aromatic N) is 2. The highest BCUT2D eigenvalue weighted by atomic mass is 16.6. The zero-order valence-corrected chi connectivity index (χ0v) is 18.0. The normalized spacial score (nSPS) is 10.1. The first kappa shape index (κ1) is 24.1. The molecule has 0 saturated carbocycles. The van der Waals surface area contributed by atoms with Crippen molar-refractivity contribution in [1.82, 2.24) is 4.90 Å². The number of nitrogens with one attached hydrogen (secondary N) is 1. The quantitative estimate of drug-likeness (QED) is 0.352. The fraction of sp³-hybridized carbons (Fsp3) is 0.286. The van der Waals surface area contributed by atoms with E-state index in [9.17, 15) is 24.5 Å². The number of hydrogen-bond donors (Lipinski definition) is 1. The number of methoxy groups -OCH3 is 2. The molecule has 2 amide bonds. The molecule has 170 valence electrons. The van der Waals surface area contributed by atoms with Gasteiger partial charge in [0.05, 0.1) is 31.8 Å². The van der Waals surface area contributed by atoms with E-state index < -0.39 is 40.6 Å². The molecule has 2 aromatic carbocycles. The minimum absolute atomic E-state index is 0.0612. The van der Waals surface area contributed by atoms with Crippen LogP contribution in [0.25, 0.3) is 0 Å². The number of esters is 1. The van der Waals surface area contributed by atoms with E-state index in [-0.39, 0.29) is 18.0 Å². The van der Waals surface area contributed by atoms with Crippen molar-refractivity contribution >= 4 is 29.2 Å². The monoisotopic (exact) mass is 445 g/mol. The van der Waals surface area contributed by atoms with Crippen LogP contribution in [0.2, 0.25) is 0 Å². The number of aryl methyl sites for hydroxylation is 1. The Morgan fingerprint density at radius 3 is 2.22 bits per heavy atom. The van der Waals surface area contributed by atoms with E-state index in [2.05, 4.69) is 5.32 Å². The largest absolute Gasteiger partial charge is 0.493 e. The smallest absolute Gasteiger partial charge is 0.345 e. The van der Waals surface area contributed by atoms with Gasteiger partial charge in [-0.3, -0.25) is 19.7 Å². The fourth-order valence-electron chi connectivity index (χ4n) is 2.64. The molecule has 32 heavy (non-hydrogen) atoms. The summed E-state index contributed by atoms with van der Waals surface area (Å²) in [5.41, 5.74) is 0.645. The lowest BCUT2D eigenvalue weighted by Crippen LogP contribution is -2.37. The zero-order valence-electron chi connectivity index (χ0n) is 18.0. The van der Waals surface area contributed by atoms with Gasteiger partial charge in [0.1, 0.15) is 5.56 Å². The third kappa shape index (κ3) is 6.17. The third-order valence-electron chi connectivity index (χ3n) is 4.39. The summed E-state index contributed by atoms with van der Waals surface area (Å²) < 4.78 is 15.0. The minimum atomic E-state index is -1.09. The summed E-state index contributed by atoms with van der Waals surface area (Å²) in [5.74, 6) is -2.05. The summed E-state index contributed by atoms with van der Waals surface area (Å²) in [6.07, 6.45) is 0. The molecular formula is C21H23N3O8. The van der Waals surface area contributed by atoms with Gasteiger partial charge in [-0.2, -0.15) is 0 Å². The number of carbonyl (C=O) groups excluding carboxylic acids is 3. The van der Waals surface area contributed by atoms with Crippen LogP contribution in [0, 0.1) is 17.0 Å². The fourth-order valence-corrected chi connectivity index (χ4v) is 2.64. The molecule has 0 heterocycles. The second-order valence-corrected chi connectivity index (χ2v) is 6.72. The van der Waals surface area contributed by atoms with Crippen molar-refractivity contribution in [1.29, 1.82) is 0 Å². The maximum absolute atomic E-state index is 12.4. The van der Waals surface area contributed by atoms with Gasteiger partial charge < -0.3 is 24.4 Å². The first-order chi connectivity index (χ1) is 15.2. The van der Waals surface area contributed by atoms with E-state index in [4.69, 9.17) is 14.2 Å². The second kappa shape index (κ2) is 10.8. The molecule has 0 unspecified atom stereocenters. The van der Waals surface area contributed by atoms with Gasteiger partial charge in [0.25, 0.3) is 11.6 Å². The van der Waals surface area contributed by atoms with Crippen LogP contribution in [0.4, 0.5) is 11.4 Å². The number of anilines is 1. The maximum atomic E-state index is 12.4. The highest BCUT2D eigenvalue weighted by molar-refractivity contribution is 5.97. The molecule has 0 aliphatic carbocycles. The highest BCUT2D eigenvalue weighted by Crippen LogP contribution is 2.34. The van der Waals surface area contributed by atoms with E-state index >= 15 is 0 Å². The molecule has 1 N–H and O–H groups in total. The molecule has 2 rings (SSSR count). The number of carbonyl (C=O) groups is 3. The first-order valence-corrected chi connectivity index (χ1v) is 9.34. The highest BCUT2D eigenvalue weighted by Gasteiger charge is 2.26. The van der Waals surface area contributed by atoms with Crippen LogP contribution in [0.3, 0.4) is 0 Å². The molecule has 0 aliphatic rings. The van der Waals surface area contributed by atoms with Crippen molar-refractivity contribution in [3.8, 4) is 11.5 Å². The summed E-state index contributed by atoms with van der Waals surface area (Å²) in [4.78, 5) is 48.3. The van der Waals surface area contributed by atoms with Gasteiger partial charge in [0, 0.05) is 18.8 Å². The summed E-state index contributed by atoms with van der Waals surface area (Å²) in [5, 5.41) is 14.0. The van der Waals surface area contributed by atoms with Crippen molar-refractivity contribution in [2.24, 2.45) is 0 Å². The third-order valence-corrected chi connectivity index (χ3v) is 4.39. The van der Waals surface area contributed by atoms with E-state index in [1.807, 2.05) is 19.1 Å². The van der Waals surface area contributed by atoms with Crippen LogP contribution >= 0.6 is 0 Å². The molecule has 0 spiro atoms. The number of benzene rings is 2. The van der Waals surface area contributed by atoms with Crippen LogP contribution < -0.4 is 14.8 Å². The van der Waals surface area contributed by atoms with Gasteiger partial charge in [0.15, 0.2) is 18.1 Å². The lowest BCUT2D eigenvalue weighted by molar-refractivity contribution is -0.385. The van der Waals surface area contributed by atoms with Gasteiger partial charge in [-0.25, -0.2) is 4.79 Å². The molecule has 11 heteroatoms. The molecule has 0 atom stereocenters. The van der Waals surface area contributed by atoms with Crippen molar-refractivity contribution < 1.29 is 33.5 Å². The Kier molecular flexibility index (Phi) is 8.11. The lowest BCUT2D eigenvalue weighted by atomic mass is 10.1. The van der Waals surface area contributed by atoms with Gasteiger partial charge in [-0.1, -0.05) is 17.7 Å². The number of likely N-dealkylation sites (N-methyl/N-ethyl adjacent to an activating group) is 1. The van der Waals surface area contributed by atoms with Crippen molar-refractivity contribution in [2.75, 3.05) is 39.7 Å². The Morgan fingerprint density at radius 1 is 1.06 bits per heavy atom. The Morgan fingerprint density at radius 2 is 1.66 bits per heavy atom. The topological polar surface area (TPSA) is 137 Å². The summed E-state index contributed by atoms with van der Waals surface area (Å²) in [7, 11) is 3.96. The van der Waals surface area contributed by atoms with Gasteiger partial charge in [-0.05, 0) is 19.1 Å². The molecule has 11 nitrogen and oxygen atoms in total. The number of rotatable bonds is 9. The number of nitro benzene ring substituents is 1. The lowest BCUT2D eigenvalue weighted by Gasteiger charge is -2.17. The predicted molar refractivity (Wildman–Crippen MR) is 114 cm³/mol. The average molecular weight is 445 g/mol. The molecule has 0 fully saturated rings. The predicted octanol–water partition coefficient (Wildman–Crippen LogP) is 2.17. The SMILES string of the molecule is COc1cc(C(=O)OCC(=O)N(C)CC(=O)Nc2ccc(C)cc2)c([N+](=O)[O-])cc1OC. The van der Waals surface area contributed by atoms with E-state index in [0.29, 0.717) is 5.69 Å². The van der Waals surface area contributed by atoms with Crippen LogP contribution in [0.5, 0.6) is 11.5 Å². The second-order valence-electron chi connectivity index (χ2n) is 6.72. The Bertz CT molecular complexity index is 1020. The zero-order chi connectivity index (χ0) is 23.8. The van der Waals surface area contributed by atoms with Gasteiger partial charge >= 0.3 is 5.97 Å². The van der Waals surface area contributed by atoms with Crippen LogP contribution in [0.1, 0.15) is 15.9 Å². The molecule has 0 saturated heterocycles. The van der Waals surface area contributed by atoms with E-state index in [1.165, 1.54) is 21.3 Å². The Labute approximate surface area is 184 Å². The first-order valence-electron chi connectivity index (χ1n) is 9.34. The summed E-state index contributed by atoms with van der Waals surface area (Å²) >= 11 is 0.